The molecule has 3 rings (SSSR count). The molecule has 0 radical (unpaired) electrons. The first kappa shape index (κ1) is 19.1. The number of likely N-dealkylation sites (tertiary alicyclic amines) is 1. The lowest BCUT2D eigenvalue weighted by Gasteiger charge is -2.32. The molecule has 0 saturated carbocycles. The van der Waals surface area contributed by atoms with Gasteiger partial charge in [-0.2, -0.15) is 9.40 Å². The number of aryl methyl sites for hydroxylation is 2. The summed E-state index contributed by atoms with van der Waals surface area (Å²) in [5.41, 5.74) is 0.475. The second kappa shape index (κ2) is 7.55. The van der Waals surface area contributed by atoms with Crippen LogP contribution in [-0.4, -0.2) is 59.6 Å². The van der Waals surface area contributed by atoms with Gasteiger partial charge in [0.1, 0.15) is 10.0 Å². The Bertz CT molecular complexity index is 710. The number of aromatic nitrogens is 2. The summed E-state index contributed by atoms with van der Waals surface area (Å²) in [5, 5.41) is 4.37. The topological polar surface area (TPSA) is 58.4 Å². The summed E-state index contributed by atoms with van der Waals surface area (Å²) >= 11 is 6.22. The fraction of sp³-hybridized carbons (Fsp3) is 0.824. The van der Waals surface area contributed by atoms with Gasteiger partial charge in [-0.25, -0.2) is 8.42 Å². The second-order valence-corrected chi connectivity index (χ2v) is 9.74. The number of nitrogens with zero attached hydrogens (tertiary/aromatic N) is 4. The molecule has 2 saturated heterocycles. The van der Waals surface area contributed by atoms with E-state index in [-0.39, 0.29) is 16.1 Å². The molecule has 0 amide bonds. The third-order valence-electron chi connectivity index (χ3n) is 5.64. The number of rotatable bonds is 5. The van der Waals surface area contributed by atoms with Crippen molar-refractivity contribution in [3.05, 3.63) is 10.8 Å². The Morgan fingerprint density at radius 3 is 2.48 bits per heavy atom. The van der Waals surface area contributed by atoms with Crippen LogP contribution in [0.15, 0.2) is 4.90 Å². The predicted octanol–water partition coefficient (Wildman–Crippen LogP) is 2.66. The standard InChI is InChI=1S/C17H29ClN4O2S/c1-13-6-10-21(11-7-13)12-8-15-5-4-9-22(15)25(23,24)16-14(2)19-20(3)17(16)18/h13,15H,4-12H2,1-3H3. The minimum Gasteiger partial charge on any atom is -0.303 e. The lowest BCUT2D eigenvalue weighted by molar-refractivity contribution is 0.179. The first-order chi connectivity index (χ1) is 11.8. The number of hydrogen-bond acceptors (Lipinski definition) is 4. The van der Waals surface area contributed by atoms with Crippen LogP contribution >= 0.6 is 11.6 Å². The molecule has 0 spiro atoms. The average molecular weight is 389 g/mol. The largest absolute Gasteiger partial charge is 0.303 e. The monoisotopic (exact) mass is 388 g/mol. The van der Waals surface area contributed by atoms with Gasteiger partial charge in [0.05, 0.1) is 5.69 Å². The van der Waals surface area contributed by atoms with Gasteiger partial charge in [-0.3, -0.25) is 4.68 Å². The quantitative estimate of drug-likeness (QED) is 0.778. The van der Waals surface area contributed by atoms with Crippen LogP contribution in [0.3, 0.4) is 0 Å². The van der Waals surface area contributed by atoms with Crippen LogP contribution in [0, 0.1) is 12.8 Å². The fourth-order valence-electron chi connectivity index (χ4n) is 4.05. The van der Waals surface area contributed by atoms with E-state index in [1.54, 1.807) is 18.3 Å². The van der Waals surface area contributed by atoms with Gasteiger partial charge in [0, 0.05) is 19.6 Å². The normalized spacial score (nSPS) is 24.2. The SMILES string of the molecule is Cc1nn(C)c(Cl)c1S(=O)(=O)N1CCCC1CCN1CCC(C)CC1. The highest BCUT2D eigenvalue weighted by molar-refractivity contribution is 7.89. The molecule has 25 heavy (non-hydrogen) atoms. The number of sulfonamides is 1. The molecule has 142 valence electrons. The molecular formula is C17H29ClN4O2S. The summed E-state index contributed by atoms with van der Waals surface area (Å²) in [7, 11) is -1.92. The van der Waals surface area contributed by atoms with Crippen LogP contribution in [0.4, 0.5) is 0 Å². The van der Waals surface area contributed by atoms with Crippen LogP contribution in [0.5, 0.6) is 0 Å². The predicted molar refractivity (Wildman–Crippen MR) is 99.3 cm³/mol. The Morgan fingerprint density at radius 2 is 1.88 bits per heavy atom. The number of piperidine rings is 1. The van der Waals surface area contributed by atoms with Crippen LogP contribution < -0.4 is 0 Å². The highest BCUT2D eigenvalue weighted by atomic mass is 35.5. The molecule has 1 atom stereocenters. The van der Waals surface area contributed by atoms with Crippen LogP contribution in [0.2, 0.25) is 5.15 Å². The van der Waals surface area contributed by atoms with Gasteiger partial charge >= 0.3 is 0 Å². The Hall–Kier alpha value is -0.630. The number of hydrogen-bond donors (Lipinski definition) is 0. The van der Waals surface area contributed by atoms with E-state index in [0.717, 1.165) is 44.8 Å². The Kier molecular flexibility index (Phi) is 5.78. The molecule has 0 aliphatic carbocycles. The van der Waals surface area contributed by atoms with Gasteiger partial charge in [0.2, 0.25) is 10.0 Å². The van der Waals surface area contributed by atoms with Crippen LogP contribution in [-0.2, 0) is 17.1 Å². The molecule has 0 bridgehead atoms. The molecule has 2 aliphatic rings. The third kappa shape index (κ3) is 3.89. The summed E-state index contributed by atoms with van der Waals surface area (Å²) in [6.07, 6.45) is 5.23. The highest BCUT2D eigenvalue weighted by Crippen LogP contribution is 2.33. The van der Waals surface area contributed by atoms with Crippen molar-refractivity contribution < 1.29 is 8.42 Å². The van der Waals surface area contributed by atoms with E-state index in [9.17, 15) is 8.42 Å². The van der Waals surface area contributed by atoms with E-state index in [0.29, 0.717) is 12.2 Å². The maximum atomic E-state index is 13.2. The Balaban J connectivity index is 1.70. The Labute approximate surface area is 156 Å². The zero-order chi connectivity index (χ0) is 18.2. The van der Waals surface area contributed by atoms with Crippen molar-refractivity contribution in [1.29, 1.82) is 0 Å². The van der Waals surface area contributed by atoms with E-state index < -0.39 is 10.0 Å². The molecule has 3 heterocycles. The smallest absolute Gasteiger partial charge is 0.248 e. The second-order valence-electron chi connectivity index (χ2n) is 7.55. The lowest BCUT2D eigenvalue weighted by Crippen LogP contribution is -2.40. The number of halogens is 1. The first-order valence-electron chi connectivity index (χ1n) is 9.24. The third-order valence-corrected chi connectivity index (χ3v) is 8.29. The molecule has 0 aromatic carbocycles. The van der Waals surface area contributed by atoms with E-state index in [1.165, 1.54) is 17.5 Å². The zero-order valence-electron chi connectivity index (χ0n) is 15.4. The molecular weight excluding hydrogens is 360 g/mol. The van der Waals surface area contributed by atoms with Crippen LogP contribution in [0.25, 0.3) is 0 Å². The minimum atomic E-state index is -3.59. The molecule has 8 heteroatoms. The molecule has 0 N–H and O–H groups in total. The summed E-state index contributed by atoms with van der Waals surface area (Å²) in [6, 6.07) is 0.0695. The van der Waals surface area contributed by atoms with Crippen molar-refractivity contribution in [2.45, 2.75) is 56.9 Å². The van der Waals surface area contributed by atoms with E-state index in [4.69, 9.17) is 11.6 Å². The minimum absolute atomic E-state index is 0.0695. The van der Waals surface area contributed by atoms with Gasteiger partial charge in [0.25, 0.3) is 0 Å². The molecule has 1 aromatic rings. The van der Waals surface area contributed by atoms with Gasteiger partial charge in [-0.1, -0.05) is 18.5 Å². The van der Waals surface area contributed by atoms with Crippen molar-refractivity contribution in [2.75, 3.05) is 26.2 Å². The highest BCUT2D eigenvalue weighted by Gasteiger charge is 2.38. The lowest BCUT2D eigenvalue weighted by atomic mass is 9.99. The summed E-state index contributed by atoms with van der Waals surface area (Å²) in [4.78, 5) is 2.65. The summed E-state index contributed by atoms with van der Waals surface area (Å²) < 4.78 is 29.4. The van der Waals surface area contributed by atoms with Crippen molar-refractivity contribution in [2.24, 2.45) is 13.0 Å². The van der Waals surface area contributed by atoms with E-state index in [1.807, 2.05) is 0 Å². The molecule has 6 nitrogen and oxygen atoms in total. The van der Waals surface area contributed by atoms with Gasteiger partial charge in [-0.05, 0) is 64.6 Å². The van der Waals surface area contributed by atoms with Crippen LogP contribution in [0.1, 0.15) is 44.7 Å². The van der Waals surface area contributed by atoms with Crippen molar-refractivity contribution >= 4 is 21.6 Å². The Morgan fingerprint density at radius 1 is 1.20 bits per heavy atom. The molecule has 1 aromatic heterocycles. The fourth-order valence-corrected chi connectivity index (χ4v) is 6.49. The zero-order valence-corrected chi connectivity index (χ0v) is 17.0. The maximum absolute atomic E-state index is 13.2. The van der Waals surface area contributed by atoms with Gasteiger partial charge in [0.15, 0.2) is 0 Å². The molecule has 1 unspecified atom stereocenters. The van der Waals surface area contributed by atoms with E-state index in [2.05, 4.69) is 16.9 Å². The molecule has 2 fully saturated rings. The van der Waals surface area contributed by atoms with Crippen molar-refractivity contribution in [1.82, 2.24) is 19.0 Å². The molecule has 2 aliphatic heterocycles. The van der Waals surface area contributed by atoms with E-state index >= 15 is 0 Å². The maximum Gasteiger partial charge on any atom is 0.248 e. The first-order valence-corrected chi connectivity index (χ1v) is 11.1. The average Bonchev–Trinajstić information content (AvgIpc) is 3.12. The van der Waals surface area contributed by atoms with Crippen molar-refractivity contribution in [3.63, 3.8) is 0 Å². The van der Waals surface area contributed by atoms with Gasteiger partial charge in [-0.15, -0.1) is 0 Å². The van der Waals surface area contributed by atoms with Gasteiger partial charge < -0.3 is 4.90 Å². The van der Waals surface area contributed by atoms with Crippen molar-refractivity contribution in [3.8, 4) is 0 Å². The summed E-state index contributed by atoms with van der Waals surface area (Å²) in [5.74, 6) is 0.815. The summed E-state index contributed by atoms with van der Waals surface area (Å²) in [6.45, 7) is 7.83.